The molecule has 0 aliphatic rings. The lowest BCUT2D eigenvalue weighted by Gasteiger charge is -2.29. The number of nitrogens with one attached hydrogen (secondary N) is 1. The number of phosphoric acid groups is 1. The van der Waals surface area contributed by atoms with Gasteiger partial charge in [0.2, 0.25) is 5.91 Å². The fourth-order valence-electron chi connectivity index (χ4n) is 9.95. The first-order valence-electron chi connectivity index (χ1n) is 32.9. The van der Waals surface area contributed by atoms with Gasteiger partial charge < -0.3 is 28.8 Å². The molecule has 444 valence electrons. The molecular weight excluding hydrogens is 948 g/mol. The van der Waals surface area contributed by atoms with Crippen LogP contribution in [-0.2, 0) is 18.4 Å². The van der Waals surface area contributed by atoms with Crippen molar-refractivity contribution in [1.29, 1.82) is 0 Å². The molecule has 0 heterocycles. The summed E-state index contributed by atoms with van der Waals surface area (Å²) in [4.78, 5) is 25.6. The van der Waals surface area contributed by atoms with Gasteiger partial charge in [0.05, 0.1) is 39.9 Å². The van der Waals surface area contributed by atoms with E-state index in [0.29, 0.717) is 17.4 Å². The Morgan fingerprint density at radius 3 is 1.11 bits per heavy atom. The van der Waals surface area contributed by atoms with Gasteiger partial charge in [-0.15, -0.1) is 0 Å². The van der Waals surface area contributed by atoms with E-state index in [9.17, 15) is 19.4 Å². The lowest BCUT2D eigenvalue weighted by molar-refractivity contribution is -0.870. The van der Waals surface area contributed by atoms with Gasteiger partial charge in [-0.1, -0.05) is 307 Å². The van der Waals surface area contributed by atoms with E-state index in [-0.39, 0.29) is 19.1 Å². The van der Waals surface area contributed by atoms with E-state index in [0.717, 1.165) is 44.9 Å². The number of nitrogens with zero attached hydrogens (tertiary/aromatic N) is 1. The molecule has 0 aromatic rings. The molecule has 75 heavy (non-hydrogen) atoms. The molecule has 8 nitrogen and oxygen atoms in total. The number of quaternary nitrogens is 1. The van der Waals surface area contributed by atoms with Gasteiger partial charge in [-0.25, -0.2) is 0 Å². The summed E-state index contributed by atoms with van der Waals surface area (Å²) in [6.07, 6.45) is 75.3. The van der Waals surface area contributed by atoms with Crippen molar-refractivity contribution >= 4 is 13.7 Å². The Labute approximate surface area is 467 Å². The lowest BCUT2D eigenvalue weighted by atomic mass is 10.0. The van der Waals surface area contributed by atoms with Gasteiger partial charge in [-0.05, 0) is 51.4 Å². The predicted octanol–water partition coefficient (Wildman–Crippen LogP) is 19.9. The summed E-state index contributed by atoms with van der Waals surface area (Å²) < 4.78 is 23.4. The van der Waals surface area contributed by atoms with Crippen LogP contribution in [0.15, 0.2) is 36.5 Å². The quantitative estimate of drug-likeness (QED) is 0.0272. The average Bonchev–Trinajstić information content (AvgIpc) is 3.37. The minimum Gasteiger partial charge on any atom is -0.756 e. The van der Waals surface area contributed by atoms with Crippen molar-refractivity contribution in [1.82, 2.24) is 5.32 Å². The van der Waals surface area contributed by atoms with Crippen molar-refractivity contribution in [3.8, 4) is 0 Å². The molecule has 2 N–H and O–H groups in total. The predicted molar refractivity (Wildman–Crippen MR) is 325 cm³/mol. The monoisotopic (exact) mass is 1080 g/mol. The highest BCUT2D eigenvalue weighted by Crippen LogP contribution is 2.38. The SMILES string of the molecule is CCCCCCC/C=C\C/C=C\CCCCCCCCCCCCCC(=O)NC(COP(=O)([O-])OCC[N+](C)(C)C)C(O)/C=C/CCCCCCCCCCCCCCCCCCCCCCCCCCCCCC. The largest absolute Gasteiger partial charge is 0.756 e. The number of rotatable bonds is 61. The summed E-state index contributed by atoms with van der Waals surface area (Å²) in [5.74, 6) is -0.195. The number of carbonyl (C=O) groups is 1. The summed E-state index contributed by atoms with van der Waals surface area (Å²) in [6, 6.07) is -0.889. The van der Waals surface area contributed by atoms with Gasteiger partial charge in [-0.3, -0.25) is 9.36 Å². The number of amides is 1. The number of hydrogen-bond donors (Lipinski definition) is 2. The third kappa shape index (κ3) is 60.2. The average molecular weight is 1080 g/mol. The molecule has 0 aromatic carbocycles. The van der Waals surface area contributed by atoms with Gasteiger partial charge >= 0.3 is 0 Å². The van der Waals surface area contributed by atoms with Crippen LogP contribution in [0, 0.1) is 0 Å². The van der Waals surface area contributed by atoms with E-state index in [1.807, 2.05) is 27.2 Å². The van der Waals surface area contributed by atoms with Gasteiger partial charge in [-0.2, -0.15) is 0 Å². The third-order valence-corrected chi connectivity index (χ3v) is 16.1. The number of carbonyl (C=O) groups excluding carboxylic acids is 1. The Morgan fingerprint density at radius 1 is 0.467 bits per heavy atom. The smallest absolute Gasteiger partial charge is 0.268 e. The van der Waals surface area contributed by atoms with E-state index in [2.05, 4.69) is 43.5 Å². The van der Waals surface area contributed by atoms with E-state index in [4.69, 9.17) is 9.05 Å². The molecule has 0 spiro atoms. The Balaban J connectivity index is 4.10. The molecule has 0 saturated heterocycles. The number of unbranched alkanes of at least 4 members (excludes halogenated alkanes) is 44. The number of phosphoric ester groups is 1. The van der Waals surface area contributed by atoms with Crippen LogP contribution in [0.25, 0.3) is 0 Å². The van der Waals surface area contributed by atoms with E-state index in [1.165, 1.54) is 263 Å². The summed E-state index contributed by atoms with van der Waals surface area (Å²) >= 11 is 0. The van der Waals surface area contributed by atoms with E-state index in [1.54, 1.807) is 6.08 Å². The maximum absolute atomic E-state index is 13.0. The molecule has 9 heteroatoms. The van der Waals surface area contributed by atoms with Crippen molar-refractivity contribution < 1.29 is 32.9 Å². The summed E-state index contributed by atoms with van der Waals surface area (Å²) in [6.45, 7) is 4.68. The molecule has 1 amide bonds. The summed E-state index contributed by atoms with van der Waals surface area (Å²) in [7, 11) is 1.27. The summed E-state index contributed by atoms with van der Waals surface area (Å²) in [5, 5.41) is 13.9. The number of allylic oxidation sites excluding steroid dienone is 5. The van der Waals surface area contributed by atoms with Crippen molar-refractivity contribution in [2.24, 2.45) is 0 Å². The van der Waals surface area contributed by atoms with Crippen LogP contribution in [0.3, 0.4) is 0 Å². The first kappa shape index (κ1) is 73.7. The second-order valence-electron chi connectivity index (χ2n) is 23.8. The van der Waals surface area contributed by atoms with Gasteiger partial charge in [0.1, 0.15) is 13.2 Å². The fourth-order valence-corrected chi connectivity index (χ4v) is 10.7. The van der Waals surface area contributed by atoms with Gasteiger partial charge in [0.15, 0.2) is 0 Å². The maximum Gasteiger partial charge on any atom is 0.268 e. The Morgan fingerprint density at radius 2 is 0.773 bits per heavy atom. The zero-order valence-corrected chi connectivity index (χ0v) is 51.7. The standard InChI is InChI=1S/C66H129N2O6P/c1-6-8-10-12-14-16-18-20-22-24-26-28-30-31-32-33-34-35-36-38-39-41-43-45-47-49-51-53-55-57-59-65(69)64(63-74-75(71,72)73-62-61-68(3,4)5)67-66(70)60-58-56-54-52-50-48-46-44-42-40-37-29-27-25-23-21-19-17-15-13-11-9-7-2/h19,21,25,27,57,59,64-65,69H,6-18,20,22-24,26,28-56,58,60-63H2,1-5H3,(H-,67,70,71,72)/b21-19-,27-25-,59-57+. The van der Waals surface area contributed by atoms with Crippen molar-refractivity contribution in [2.75, 3.05) is 40.9 Å². The zero-order chi connectivity index (χ0) is 54.9. The molecule has 0 aliphatic heterocycles. The van der Waals surface area contributed by atoms with Gasteiger partial charge in [0, 0.05) is 6.42 Å². The second-order valence-corrected chi connectivity index (χ2v) is 25.2. The molecule has 0 aliphatic carbocycles. The molecule has 3 atom stereocenters. The van der Waals surface area contributed by atoms with Gasteiger partial charge in [0.25, 0.3) is 7.82 Å². The van der Waals surface area contributed by atoms with E-state index >= 15 is 0 Å². The summed E-state index contributed by atoms with van der Waals surface area (Å²) in [5.41, 5.74) is 0. The first-order chi connectivity index (χ1) is 36.5. The lowest BCUT2D eigenvalue weighted by Crippen LogP contribution is -2.45. The maximum atomic E-state index is 13.0. The Bertz CT molecular complexity index is 1320. The number of hydrogen-bond acceptors (Lipinski definition) is 6. The zero-order valence-electron chi connectivity index (χ0n) is 50.8. The molecule has 0 aromatic heterocycles. The van der Waals surface area contributed by atoms with Crippen molar-refractivity contribution in [2.45, 2.75) is 341 Å². The fraction of sp³-hybridized carbons (Fsp3) is 0.894. The number of likely N-dealkylation sites (N-methyl/N-ethyl adjacent to an activating group) is 1. The minimum atomic E-state index is -4.60. The van der Waals surface area contributed by atoms with Crippen LogP contribution < -0.4 is 10.2 Å². The highest BCUT2D eigenvalue weighted by molar-refractivity contribution is 7.45. The third-order valence-electron chi connectivity index (χ3n) is 15.1. The number of aliphatic hydroxyl groups excluding tert-OH is 1. The molecule has 0 rings (SSSR count). The topological polar surface area (TPSA) is 108 Å². The molecule has 0 bridgehead atoms. The van der Waals surface area contributed by atoms with Crippen molar-refractivity contribution in [3.63, 3.8) is 0 Å². The van der Waals surface area contributed by atoms with Crippen LogP contribution in [0.5, 0.6) is 0 Å². The highest BCUT2D eigenvalue weighted by atomic mass is 31.2. The Kier molecular flexibility index (Phi) is 56.4. The van der Waals surface area contributed by atoms with Crippen LogP contribution >= 0.6 is 7.82 Å². The Hall–Kier alpha value is -1.28. The second kappa shape index (κ2) is 57.4. The molecule has 3 unspecified atom stereocenters. The van der Waals surface area contributed by atoms with Crippen LogP contribution in [0.1, 0.15) is 328 Å². The molecule has 0 fully saturated rings. The van der Waals surface area contributed by atoms with Crippen molar-refractivity contribution in [3.05, 3.63) is 36.5 Å². The van der Waals surface area contributed by atoms with Crippen LogP contribution in [0.2, 0.25) is 0 Å². The first-order valence-corrected chi connectivity index (χ1v) is 34.3. The normalized spacial score (nSPS) is 14.0. The molecular formula is C66H129N2O6P. The van der Waals surface area contributed by atoms with E-state index < -0.39 is 20.0 Å². The number of aliphatic hydroxyl groups is 1. The van der Waals surface area contributed by atoms with Crippen LogP contribution in [-0.4, -0.2) is 68.5 Å². The highest BCUT2D eigenvalue weighted by Gasteiger charge is 2.23. The molecule has 0 radical (unpaired) electrons. The molecule has 0 saturated carbocycles. The van der Waals surface area contributed by atoms with Crippen LogP contribution in [0.4, 0.5) is 0 Å². The minimum absolute atomic E-state index is 0.000576.